The minimum absolute atomic E-state index is 0.484. The highest BCUT2D eigenvalue weighted by Gasteiger charge is 2.03. The molecule has 1 rings (SSSR count). The molecule has 1 atom stereocenters. The molecule has 0 amide bonds. The zero-order valence-electron chi connectivity index (χ0n) is 9.86. The Bertz CT molecular complexity index is 273. The average molecular weight is 211 g/mol. The molecule has 0 aliphatic carbocycles. The van der Waals surface area contributed by atoms with E-state index < -0.39 is 0 Å². The molecule has 0 radical (unpaired) electrons. The quantitative estimate of drug-likeness (QED) is 0.696. The highest BCUT2D eigenvalue weighted by Crippen LogP contribution is 2.08. The number of ether oxygens (including phenoxy) is 1. The van der Waals surface area contributed by atoms with Crippen molar-refractivity contribution in [2.45, 2.75) is 32.9 Å². The molecule has 0 saturated carbocycles. The maximum absolute atomic E-state index is 4.95. The number of hydrogen-bond acceptors (Lipinski definition) is 3. The summed E-state index contributed by atoms with van der Waals surface area (Å²) >= 11 is 0. The fourth-order valence-electron chi connectivity index (χ4n) is 1.29. The molecule has 1 aromatic rings. The monoisotopic (exact) mass is 211 g/mol. The van der Waals surface area contributed by atoms with Gasteiger partial charge in [0, 0.05) is 32.4 Å². The van der Waals surface area contributed by atoms with Crippen molar-refractivity contribution >= 4 is 0 Å². The van der Waals surface area contributed by atoms with Crippen LogP contribution in [0.25, 0.3) is 0 Å². The Balaban J connectivity index is 2.33. The van der Waals surface area contributed by atoms with Gasteiger partial charge in [0.2, 0.25) is 0 Å². The average Bonchev–Trinajstić information content (AvgIpc) is 2.72. The number of rotatable bonds is 7. The lowest BCUT2D eigenvalue weighted by molar-refractivity contribution is 0.199. The van der Waals surface area contributed by atoms with Gasteiger partial charge in [0.1, 0.15) is 0 Å². The van der Waals surface area contributed by atoms with E-state index in [0.717, 1.165) is 31.8 Å². The van der Waals surface area contributed by atoms with E-state index >= 15 is 0 Å². The molecule has 4 heteroatoms. The second-order valence-corrected chi connectivity index (χ2v) is 3.71. The van der Waals surface area contributed by atoms with Gasteiger partial charge in [-0.25, -0.2) is 0 Å². The Labute approximate surface area is 91.6 Å². The Morgan fingerprint density at radius 1 is 1.60 bits per heavy atom. The van der Waals surface area contributed by atoms with Crippen LogP contribution >= 0.6 is 0 Å². The molecule has 0 spiro atoms. The second kappa shape index (κ2) is 6.58. The lowest BCUT2D eigenvalue weighted by Gasteiger charge is -2.08. The summed E-state index contributed by atoms with van der Waals surface area (Å²) in [7, 11) is 1.71. The van der Waals surface area contributed by atoms with Crippen LogP contribution in [0.5, 0.6) is 0 Å². The minimum atomic E-state index is 0.484. The van der Waals surface area contributed by atoms with Crippen LogP contribution in [0.15, 0.2) is 12.3 Å². The molecule has 0 aromatic carbocycles. The van der Waals surface area contributed by atoms with Gasteiger partial charge < -0.3 is 10.1 Å². The summed E-state index contributed by atoms with van der Waals surface area (Å²) in [5.74, 6) is 0. The van der Waals surface area contributed by atoms with Gasteiger partial charge in [-0.2, -0.15) is 5.10 Å². The van der Waals surface area contributed by atoms with Crippen LogP contribution in [0.2, 0.25) is 0 Å². The molecule has 1 aromatic heterocycles. The third-order valence-corrected chi connectivity index (χ3v) is 2.50. The van der Waals surface area contributed by atoms with Crippen molar-refractivity contribution in [2.24, 2.45) is 0 Å². The number of nitrogens with zero attached hydrogens (tertiary/aromatic N) is 2. The van der Waals surface area contributed by atoms with Crippen LogP contribution < -0.4 is 5.32 Å². The van der Waals surface area contributed by atoms with Crippen molar-refractivity contribution in [1.29, 1.82) is 0 Å². The molecule has 15 heavy (non-hydrogen) atoms. The van der Waals surface area contributed by atoms with Crippen LogP contribution in [0, 0.1) is 0 Å². The molecular formula is C11H21N3O. The standard InChI is InChI=1S/C11H21N3O/c1-4-10(2)14-7-5-11(13-14)9-12-6-8-15-3/h5,7,10,12H,4,6,8-9H2,1-3H3. The summed E-state index contributed by atoms with van der Waals surface area (Å²) in [6, 6.07) is 2.55. The minimum Gasteiger partial charge on any atom is -0.383 e. The van der Waals surface area contributed by atoms with Crippen LogP contribution in [0.4, 0.5) is 0 Å². The van der Waals surface area contributed by atoms with Gasteiger partial charge in [-0.05, 0) is 19.4 Å². The summed E-state index contributed by atoms with van der Waals surface area (Å²) in [6.45, 7) is 6.77. The largest absolute Gasteiger partial charge is 0.383 e. The van der Waals surface area contributed by atoms with E-state index in [-0.39, 0.29) is 0 Å². The Morgan fingerprint density at radius 3 is 3.07 bits per heavy atom. The lowest BCUT2D eigenvalue weighted by Crippen LogP contribution is -2.19. The predicted octanol–water partition coefficient (Wildman–Crippen LogP) is 1.59. The topological polar surface area (TPSA) is 39.1 Å². The molecule has 4 nitrogen and oxygen atoms in total. The van der Waals surface area contributed by atoms with E-state index in [1.807, 2.05) is 10.9 Å². The predicted molar refractivity (Wildman–Crippen MR) is 60.8 cm³/mol. The summed E-state index contributed by atoms with van der Waals surface area (Å²) in [5, 5.41) is 7.76. The first-order valence-electron chi connectivity index (χ1n) is 5.51. The number of hydrogen-bond donors (Lipinski definition) is 1. The highest BCUT2D eigenvalue weighted by atomic mass is 16.5. The normalized spacial score (nSPS) is 13.0. The SMILES string of the molecule is CCC(C)n1ccc(CNCCOC)n1. The van der Waals surface area contributed by atoms with Gasteiger partial charge in [0.25, 0.3) is 0 Å². The molecule has 86 valence electrons. The Kier molecular flexibility index (Phi) is 5.36. The van der Waals surface area contributed by atoms with Gasteiger partial charge in [-0.1, -0.05) is 6.92 Å². The fraction of sp³-hybridized carbons (Fsp3) is 0.727. The molecule has 0 fully saturated rings. The second-order valence-electron chi connectivity index (χ2n) is 3.71. The molecule has 0 aliphatic rings. The maximum atomic E-state index is 4.95. The van der Waals surface area contributed by atoms with E-state index in [0.29, 0.717) is 6.04 Å². The van der Waals surface area contributed by atoms with Crippen molar-refractivity contribution in [2.75, 3.05) is 20.3 Å². The molecule has 0 bridgehead atoms. The third kappa shape index (κ3) is 4.01. The van der Waals surface area contributed by atoms with E-state index in [4.69, 9.17) is 4.74 Å². The number of nitrogens with one attached hydrogen (secondary N) is 1. The highest BCUT2D eigenvalue weighted by molar-refractivity contribution is 4.99. The molecule has 1 heterocycles. The number of methoxy groups -OCH3 is 1. The third-order valence-electron chi connectivity index (χ3n) is 2.50. The lowest BCUT2D eigenvalue weighted by atomic mass is 10.3. The summed E-state index contributed by atoms with van der Waals surface area (Å²) < 4.78 is 6.97. The van der Waals surface area contributed by atoms with E-state index in [9.17, 15) is 0 Å². The van der Waals surface area contributed by atoms with Crippen LogP contribution in [-0.4, -0.2) is 30.0 Å². The van der Waals surface area contributed by atoms with E-state index in [1.54, 1.807) is 7.11 Å². The van der Waals surface area contributed by atoms with Crippen molar-refractivity contribution in [3.8, 4) is 0 Å². The van der Waals surface area contributed by atoms with Crippen molar-refractivity contribution < 1.29 is 4.74 Å². The van der Waals surface area contributed by atoms with Crippen molar-refractivity contribution in [1.82, 2.24) is 15.1 Å². The van der Waals surface area contributed by atoms with Crippen molar-refractivity contribution in [3.63, 3.8) is 0 Å². The van der Waals surface area contributed by atoms with Gasteiger partial charge >= 0.3 is 0 Å². The van der Waals surface area contributed by atoms with Gasteiger partial charge in [-0.15, -0.1) is 0 Å². The maximum Gasteiger partial charge on any atom is 0.0762 e. The van der Waals surface area contributed by atoms with Crippen LogP contribution in [0.3, 0.4) is 0 Å². The van der Waals surface area contributed by atoms with E-state index in [1.165, 1.54) is 0 Å². The first-order chi connectivity index (χ1) is 7.27. The van der Waals surface area contributed by atoms with Gasteiger partial charge in [0.15, 0.2) is 0 Å². The first-order valence-corrected chi connectivity index (χ1v) is 5.51. The summed E-state index contributed by atoms with van der Waals surface area (Å²) in [4.78, 5) is 0. The van der Waals surface area contributed by atoms with Gasteiger partial charge in [-0.3, -0.25) is 4.68 Å². The van der Waals surface area contributed by atoms with Gasteiger partial charge in [0.05, 0.1) is 12.3 Å². The molecule has 0 saturated heterocycles. The van der Waals surface area contributed by atoms with Crippen LogP contribution in [-0.2, 0) is 11.3 Å². The smallest absolute Gasteiger partial charge is 0.0762 e. The van der Waals surface area contributed by atoms with Crippen LogP contribution in [0.1, 0.15) is 32.0 Å². The molecular weight excluding hydrogens is 190 g/mol. The Hall–Kier alpha value is -0.870. The summed E-state index contributed by atoms with van der Waals surface area (Å²) in [6.07, 6.45) is 3.15. The summed E-state index contributed by atoms with van der Waals surface area (Å²) in [5.41, 5.74) is 1.09. The number of aromatic nitrogens is 2. The zero-order chi connectivity index (χ0) is 11.1. The molecule has 1 N–H and O–H groups in total. The molecule has 0 aliphatic heterocycles. The molecule has 1 unspecified atom stereocenters. The fourth-order valence-corrected chi connectivity index (χ4v) is 1.29. The first kappa shape index (κ1) is 12.2. The van der Waals surface area contributed by atoms with E-state index in [2.05, 4.69) is 30.3 Å². The Morgan fingerprint density at radius 2 is 2.40 bits per heavy atom. The zero-order valence-corrected chi connectivity index (χ0v) is 9.86. The van der Waals surface area contributed by atoms with Crippen molar-refractivity contribution in [3.05, 3.63) is 18.0 Å².